The molecule has 132 valence electrons. The Morgan fingerprint density at radius 3 is 2.73 bits per heavy atom. The number of hydrogen-bond acceptors (Lipinski definition) is 4. The number of carboxylic acids is 1. The predicted molar refractivity (Wildman–Crippen MR) is 85.8 cm³/mol. The van der Waals surface area contributed by atoms with E-state index in [1.807, 2.05) is 0 Å². The summed E-state index contributed by atoms with van der Waals surface area (Å²) in [4.78, 5) is 14.9. The molecular formula is C17H10F3N3O3. The van der Waals surface area contributed by atoms with Gasteiger partial charge in [-0.15, -0.1) is 0 Å². The van der Waals surface area contributed by atoms with E-state index in [0.29, 0.717) is 21.9 Å². The Bertz CT molecular complexity index is 1140. The fraction of sp³-hybridized carbons (Fsp3) is 0.118. The molecule has 4 rings (SSSR count). The summed E-state index contributed by atoms with van der Waals surface area (Å²) < 4.78 is 44.9. The van der Waals surface area contributed by atoms with Crippen molar-refractivity contribution in [1.29, 1.82) is 0 Å². The van der Waals surface area contributed by atoms with Crippen LogP contribution in [0.15, 0.2) is 47.2 Å². The van der Waals surface area contributed by atoms with Gasteiger partial charge >= 0.3 is 12.1 Å². The number of aromatic carboxylic acids is 1. The number of alkyl halides is 3. The van der Waals surface area contributed by atoms with Gasteiger partial charge in [0.25, 0.3) is 0 Å². The minimum Gasteiger partial charge on any atom is -0.477 e. The number of fused-ring (bicyclic) bond motifs is 2. The van der Waals surface area contributed by atoms with Gasteiger partial charge in [0.15, 0.2) is 0 Å². The van der Waals surface area contributed by atoms with Crippen LogP contribution in [0, 0.1) is 0 Å². The molecule has 9 heteroatoms. The molecule has 1 N–H and O–H groups in total. The molecule has 26 heavy (non-hydrogen) atoms. The number of halogens is 3. The van der Waals surface area contributed by atoms with E-state index in [-0.39, 0.29) is 16.9 Å². The van der Waals surface area contributed by atoms with Crippen LogP contribution in [-0.4, -0.2) is 32.0 Å². The summed E-state index contributed by atoms with van der Waals surface area (Å²) in [6, 6.07) is 8.13. The van der Waals surface area contributed by atoms with E-state index in [1.54, 1.807) is 24.3 Å². The van der Waals surface area contributed by atoms with Gasteiger partial charge in [-0.05, 0) is 12.1 Å². The molecule has 0 saturated heterocycles. The summed E-state index contributed by atoms with van der Waals surface area (Å²) in [5.41, 5.74) is 1.01. The van der Waals surface area contributed by atoms with Crippen molar-refractivity contribution in [3.8, 4) is 11.3 Å². The average Bonchev–Trinajstić information content (AvgIpc) is 3.14. The number of furan rings is 1. The monoisotopic (exact) mass is 361 g/mol. The lowest BCUT2D eigenvalue weighted by Gasteiger charge is -2.07. The summed E-state index contributed by atoms with van der Waals surface area (Å²) >= 11 is 0. The normalized spacial score (nSPS) is 12.1. The first kappa shape index (κ1) is 16.1. The van der Waals surface area contributed by atoms with Gasteiger partial charge in [0, 0.05) is 22.5 Å². The van der Waals surface area contributed by atoms with Crippen LogP contribution in [0.1, 0.15) is 10.5 Å². The van der Waals surface area contributed by atoms with E-state index in [2.05, 4.69) is 10.1 Å². The molecule has 3 aromatic heterocycles. The number of pyridine rings is 1. The second kappa shape index (κ2) is 5.58. The third-order valence-electron chi connectivity index (χ3n) is 3.92. The second-order valence-electron chi connectivity index (χ2n) is 5.66. The zero-order valence-electron chi connectivity index (χ0n) is 13.0. The number of hydrogen-bond donors (Lipinski definition) is 1. The molecular weight excluding hydrogens is 351 g/mol. The van der Waals surface area contributed by atoms with Crippen LogP contribution in [-0.2, 0) is 6.54 Å². The van der Waals surface area contributed by atoms with Crippen LogP contribution in [0.4, 0.5) is 13.2 Å². The van der Waals surface area contributed by atoms with Gasteiger partial charge in [-0.2, -0.15) is 18.3 Å². The van der Waals surface area contributed by atoms with Crippen LogP contribution in [0.25, 0.3) is 33.1 Å². The Hall–Kier alpha value is -3.36. The first-order valence-corrected chi connectivity index (χ1v) is 7.47. The van der Waals surface area contributed by atoms with E-state index in [4.69, 9.17) is 9.52 Å². The van der Waals surface area contributed by atoms with Gasteiger partial charge in [-0.1, -0.05) is 18.2 Å². The molecule has 6 nitrogen and oxygen atoms in total. The Kier molecular flexibility index (Phi) is 3.46. The van der Waals surface area contributed by atoms with Crippen molar-refractivity contribution in [1.82, 2.24) is 14.8 Å². The van der Waals surface area contributed by atoms with Crippen molar-refractivity contribution in [2.75, 3.05) is 0 Å². The van der Waals surface area contributed by atoms with Crippen molar-refractivity contribution in [2.45, 2.75) is 12.7 Å². The van der Waals surface area contributed by atoms with Crippen LogP contribution < -0.4 is 0 Å². The molecule has 0 saturated carbocycles. The third kappa shape index (κ3) is 2.67. The van der Waals surface area contributed by atoms with Crippen LogP contribution in [0.5, 0.6) is 0 Å². The molecule has 0 amide bonds. The van der Waals surface area contributed by atoms with Crippen molar-refractivity contribution in [3.05, 3.63) is 48.5 Å². The van der Waals surface area contributed by atoms with Crippen LogP contribution in [0.2, 0.25) is 0 Å². The quantitative estimate of drug-likeness (QED) is 0.594. The highest BCUT2D eigenvalue weighted by Gasteiger charge is 2.30. The molecule has 0 atom stereocenters. The number of aromatic nitrogens is 3. The molecule has 1 aromatic carbocycles. The molecule has 0 spiro atoms. The van der Waals surface area contributed by atoms with Gasteiger partial charge < -0.3 is 9.52 Å². The van der Waals surface area contributed by atoms with Gasteiger partial charge in [0.1, 0.15) is 29.8 Å². The van der Waals surface area contributed by atoms with E-state index >= 15 is 0 Å². The maximum absolute atomic E-state index is 12.9. The highest BCUT2D eigenvalue weighted by Crippen LogP contribution is 2.35. The molecule has 0 unspecified atom stereocenters. The Morgan fingerprint density at radius 1 is 1.23 bits per heavy atom. The Morgan fingerprint density at radius 2 is 2.00 bits per heavy atom. The Balaban J connectivity index is 1.99. The summed E-state index contributed by atoms with van der Waals surface area (Å²) in [6.45, 7) is -1.34. The lowest BCUT2D eigenvalue weighted by molar-refractivity contribution is -0.141. The van der Waals surface area contributed by atoms with Crippen molar-refractivity contribution in [3.63, 3.8) is 0 Å². The predicted octanol–water partition coefficient (Wildman–Crippen LogP) is 4.11. The maximum Gasteiger partial charge on any atom is 0.408 e. The van der Waals surface area contributed by atoms with Crippen molar-refractivity contribution in [2.24, 2.45) is 0 Å². The summed E-state index contributed by atoms with van der Waals surface area (Å²) in [7, 11) is 0. The standard InChI is InChI=1S/C17H10F3N3O3/c18-17(19,20)8-23-13-5-12(16(24)25)21-6-10(13)15(22-23)11-7-26-14-4-2-1-3-9(11)14/h1-7H,8H2,(H,24,25). The minimum absolute atomic E-state index is 0.0370. The summed E-state index contributed by atoms with van der Waals surface area (Å²) in [5, 5.41) is 14.1. The summed E-state index contributed by atoms with van der Waals surface area (Å²) in [6.07, 6.45) is -1.88. The summed E-state index contributed by atoms with van der Waals surface area (Å²) in [5.74, 6) is -1.33. The smallest absolute Gasteiger partial charge is 0.408 e. The molecule has 0 fully saturated rings. The number of para-hydroxylation sites is 1. The fourth-order valence-corrected chi connectivity index (χ4v) is 2.84. The third-order valence-corrected chi connectivity index (χ3v) is 3.92. The lowest BCUT2D eigenvalue weighted by atomic mass is 10.1. The van der Waals surface area contributed by atoms with Gasteiger partial charge in [-0.25, -0.2) is 9.78 Å². The minimum atomic E-state index is -4.51. The van der Waals surface area contributed by atoms with Crippen LogP contribution >= 0.6 is 0 Å². The number of benzene rings is 1. The largest absolute Gasteiger partial charge is 0.477 e. The first-order chi connectivity index (χ1) is 12.3. The number of carbonyl (C=O) groups is 1. The van der Waals surface area contributed by atoms with Gasteiger partial charge in [-0.3, -0.25) is 4.68 Å². The molecule has 0 aliphatic rings. The number of carboxylic acid groups (broad SMARTS) is 1. The van der Waals surface area contributed by atoms with Gasteiger partial charge in [0.05, 0.1) is 5.52 Å². The molecule has 0 bridgehead atoms. The number of nitrogens with zero attached hydrogens (tertiary/aromatic N) is 3. The second-order valence-corrected chi connectivity index (χ2v) is 5.66. The van der Waals surface area contributed by atoms with E-state index in [1.165, 1.54) is 12.5 Å². The zero-order valence-corrected chi connectivity index (χ0v) is 13.0. The van der Waals surface area contributed by atoms with E-state index in [0.717, 1.165) is 10.7 Å². The van der Waals surface area contributed by atoms with E-state index in [9.17, 15) is 18.0 Å². The first-order valence-electron chi connectivity index (χ1n) is 7.47. The molecule has 0 aliphatic heterocycles. The SMILES string of the molecule is O=C(O)c1cc2c(cn1)c(-c1coc3ccccc13)nn2CC(F)(F)F. The topological polar surface area (TPSA) is 81.2 Å². The maximum atomic E-state index is 12.9. The number of rotatable bonds is 3. The fourth-order valence-electron chi connectivity index (χ4n) is 2.84. The molecule has 4 aromatic rings. The van der Waals surface area contributed by atoms with Crippen LogP contribution in [0.3, 0.4) is 0 Å². The van der Waals surface area contributed by atoms with Crippen molar-refractivity contribution < 1.29 is 27.5 Å². The lowest BCUT2D eigenvalue weighted by Crippen LogP contribution is -2.18. The molecule has 0 aliphatic carbocycles. The Labute approximate surface area is 143 Å². The average molecular weight is 361 g/mol. The zero-order chi connectivity index (χ0) is 18.5. The molecule has 0 radical (unpaired) electrons. The van der Waals surface area contributed by atoms with E-state index < -0.39 is 18.7 Å². The highest BCUT2D eigenvalue weighted by atomic mass is 19.4. The molecule has 3 heterocycles. The van der Waals surface area contributed by atoms with Crippen molar-refractivity contribution >= 4 is 27.8 Å². The van der Waals surface area contributed by atoms with Gasteiger partial charge in [0.2, 0.25) is 0 Å². The highest BCUT2D eigenvalue weighted by molar-refractivity contribution is 6.03.